The maximum Gasteiger partial charge on any atom is 0.148 e. The normalized spacial score (nSPS) is 10.6. The molecule has 2 heterocycles. The Morgan fingerprint density at radius 2 is 2.23 bits per heavy atom. The third kappa shape index (κ3) is 1.31. The van der Waals surface area contributed by atoms with Crippen molar-refractivity contribution in [1.29, 1.82) is 0 Å². The topological polar surface area (TPSA) is 56.7 Å². The van der Waals surface area contributed by atoms with Crippen LogP contribution in [0.15, 0.2) is 11.7 Å². The van der Waals surface area contributed by atoms with E-state index in [0.29, 0.717) is 5.82 Å². The monoisotopic (exact) mass is 194 g/mol. The molecule has 2 rings (SSSR count). The molecule has 0 unspecified atom stereocenters. The number of nitrogens with two attached hydrogens (primary N) is 1. The quantitative estimate of drug-likeness (QED) is 0.749. The molecule has 4 nitrogen and oxygen atoms in total. The average Bonchev–Trinajstić information content (AvgIpc) is 2.60. The van der Waals surface area contributed by atoms with Gasteiger partial charge < -0.3 is 5.73 Å². The molecule has 0 saturated carbocycles. The number of rotatable bonds is 1. The van der Waals surface area contributed by atoms with Crippen molar-refractivity contribution in [3.05, 3.63) is 23.0 Å². The van der Waals surface area contributed by atoms with Gasteiger partial charge in [0.2, 0.25) is 0 Å². The fourth-order valence-electron chi connectivity index (χ4n) is 1.09. The predicted molar refractivity (Wildman–Crippen MR) is 53.1 cm³/mol. The second kappa shape index (κ2) is 2.85. The Morgan fingerprint density at radius 1 is 1.46 bits per heavy atom. The second-order valence-electron chi connectivity index (χ2n) is 2.88. The summed E-state index contributed by atoms with van der Waals surface area (Å²) in [5, 5.41) is 5.21. The molecule has 0 aromatic carbocycles. The van der Waals surface area contributed by atoms with Crippen molar-refractivity contribution in [2.45, 2.75) is 13.8 Å². The molecular formula is C8H10N4S. The number of anilines is 1. The summed E-state index contributed by atoms with van der Waals surface area (Å²) in [6, 6.07) is 0. The molecular weight excluding hydrogens is 184 g/mol. The molecule has 0 amide bonds. The van der Waals surface area contributed by atoms with Crippen molar-refractivity contribution in [3.63, 3.8) is 0 Å². The van der Waals surface area contributed by atoms with Gasteiger partial charge in [-0.25, -0.2) is 9.67 Å². The van der Waals surface area contributed by atoms with E-state index in [0.717, 1.165) is 16.3 Å². The van der Waals surface area contributed by atoms with Gasteiger partial charge in [0.15, 0.2) is 0 Å². The number of aryl methyl sites for hydroxylation is 2. The van der Waals surface area contributed by atoms with E-state index >= 15 is 0 Å². The van der Waals surface area contributed by atoms with Crippen LogP contribution in [0, 0.1) is 13.8 Å². The smallest absolute Gasteiger partial charge is 0.148 e. The van der Waals surface area contributed by atoms with Gasteiger partial charge in [0.1, 0.15) is 10.8 Å². The Balaban J connectivity index is 2.53. The number of hydrogen-bond acceptors (Lipinski definition) is 4. The summed E-state index contributed by atoms with van der Waals surface area (Å²) in [7, 11) is 0. The van der Waals surface area contributed by atoms with Crippen LogP contribution in [0.5, 0.6) is 0 Å². The SMILES string of the molecule is Cc1cn(-c2scnc2C)nc1N. The van der Waals surface area contributed by atoms with Gasteiger partial charge in [-0.05, 0) is 13.8 Å². The van der Waals surface area contributed by atoms with E-state index in [2.05, 4.69) is 10.1 Å². The van der Waals surface area contributed by atoms with Gasteiger partial charge in [-0.15, -0.1) is 16.4 Å². The van der Waals surface area contributed by atoms with Gasteiger partial charge in [-0.1, -0.05) is 0 Å². The van der Waals surface area contributed by atoms with Crippen LogP contribution in [-0.2, 0) is 0 Å². The first-order valence-electron chi connectivity index (χ1n) is 3.90. The lowest BCUT2D eigenvalue weighted by Gasteiger charge is -1.95. The first-order valence-corrected chi connectivity index (χ1v) is 4.78. The Hall–Kier alpha value is -1.36. The Morgan fingerprint density at radius 3 is 2.69 bits per heavy atom. The van der Waals surface area contributed by atoms with Gasteiger partial charge >= 0.3 is 0 Å². The zero-order valence-corrected chi connectivity index (χ0v) is 8.30. The second-order valence-corrected chi connectivity index (χ2v) is 3.72. The van der Waals surface area contributed by atoms with Gasteiger partial charge in [-0.3, -0.25) is 0 Å². The zero-order chi connectivity index (χ0) is 9.42. The van der Waals surface area contributed by atoms with Crippen molar-refractivity contribution in [1.82, 2.24) is 14.8 Å². The van der Waals surface area contributed by atoms with Crippen LogP contribution in [0.1, 0.15) is 11.3 Å². The molecule has 0 radical (unpaired) electrons. The maximum atomic E-state index is 5.65. The Bertz CT molecular complexity index is 410. The summed E-state index contributed by atoms with van der Waals surface area (Å²) < 4.78 is 1.78. The largest absolute Gasteiger partial charge is 0.382 e. The fraction of sp³-hybridized carbons (Fsp3) is 0.250. The molecule has 0 atom stereocenters. The van der Waals surface area contributed by atoms with Crippen LogP contribution in [0.2, 0.25) is 0 Å². The fourth-order valence-corrected chi connectivity index (χ4v) is 1.83. The van der Waals surface area contributed by atoms with Crippen molar-refractivity contribution in [2.75, 3.05) is 5.73 Å². The molecule has 13 heavy (non-hydrogen) atoms. The average molecular weight is 194 g/mol. The van der Waals surface area contributed by atoms with Gasteiger partial charge in [0, 0.05) is 11.8 Å². The van der Waals surface area contributed by atoms with E-state index in [9.17, 15) is 0 Å². The summed E-state index contributed by atoms with van der Waals surface area (Å²) in [4.78, 5) is 4.15. The Labute approximate surface area is 80.0 Å². The number of nitrogen functional groups attached to an aromatic ring is 1. The molecule has 68 valence electrons. The maximum absolute atomic E-state index is 5.65. The van der Waals surface area contributed by atoms with Gasteiger partial charge in [0.05, 0.1) is 11.2 Å². The summed E-state index contributed by atoms with van der Waals surface area (Å²) in [5.41, 5.74) is 9.43. The van der Waals surface area contributed by atoms with Crippen LogP contribution < -0.4 is 5.73 Å². The highest BCUT2D eigenvalue weighted by Gasteiger charge is 2.07. The summed E-state index contributed by atoms with van der Waals surface area (Å²) in [6.45, 7) is 3.90. The van der Waals surface area contributed by atoms with Crippen LogP contribution >= 0.6 is 11.3 Å². The molecule has 2 N–H and O–H groups in total. The van der Waals surface area contributed by atoms with Crippen molar-refractivity contribution >= 4 is 17.2 Å². The highest BCUT2D eigenvalue weighted by molar-refractivity contribution is 7.12. The van der Waals surface area contributed by atoms with Crippen LogP contribution in [0.3, 0.4) is 0 Å². The molecule has 0 spiro atoms. The highest BCUT2D eigenvalue weighted by Crippen LogP contribution is 2.19. The predicted octanol–water partition coefficient (Wildman–Crippen LogP) is 1.53. The van der Waals surface area contributed by atoms with E-state index in [1.165, 1.54) is 0 Å². The van der Waals surface area contributed by atoms with Crippen molar-refractivity contribution < 1.29 is 0 Å². The van der Waals surface area contributed by atoms with Crippen molar-refractivity contribution in [3.8, 4) is 5.00 Å². The first-order chi connectivity index (χ1) is 6.18. The summed E-state index contributed by atoms with van der Waals surface area (Å²) in [6.07, 6.45) is 1.91. The standard InChI is InChI=1S/C8H10N4S/c1-5-3-12(11-7(5)9)8-6(2)10-4-13-8/h3-4H,1-2H3,(H2,9,11). The third-order valence-corrected chi connectivity index (χ3v) is 2.78. The lowest BCUT2D eigenvalue weighted by atomic mass is 10.4. The number of hydrogen-bond donors (Lipinski definition) is 1. The molecule has 0 fully saturated rings. The lowest BCUT2D eigenvalue weighted by Crippen LogP contribution is -1.95. The van der Waals surface area contributed by atoms with E-state index in [-0.39, 0.29) is 0 Å². The van der Waals surface area contributed by atoms with Gasteiger partial charge in [-0.2, -0.15) is 0 Å². The first kappa shape index (κ1) is 8.25. The van der Waals surface area contributed by atoms with Crippen LogP contribution in [-0.4, -0.2) is 14.8 Å². The minimum atomic E-state index is 0.577. The van der Waals surface area contributed by atoms with E-state index in [1.807, 2.05) is 20.0 Å². The van der Waals surface area contributed by atoms with E-state index < -0.39 is 0 Å². The molecule has 5 heteroatoms. The lowest BCUT2D eigenvalue weighted by molar-refractivity contribution is 0.890. The minimum Gasteiger partial charge on any atom is -0.382 e. The molecule has 0 bridgehead atoms. The molecule has 0 aliphatic carbocycles. The summed E-state index contributed by atoms with van der Waals surface area (Å²) in [5.74, 6) is 0.577. The number of aromatic nitrogens is 3. The summed E-state index contributed by atoms with van der Waals surface area (Å²) >= 11 is 1.56. The minimum absolute atomic E-state index is 0.577. The molecule has 2 aromatic heterocycles. The molecule has 0 aliphatic rings. The van der Waals surface area contributed by atoms with E-state index in [4.69, 9.17) is 5.73 Å². The molecule has 0 aliphatic heterocycles. The van der Waals surface area contributed by atoms with Crippen LogP contribution in [0.25, 0.3) is 5.00 Å². The molecule has 2 aromatic rings. The van der Waals surface area contributed by atoms with E-state index in [1.54, 1.807) is 21.5 Å². The highest BCUT2D eigenvalue weighted by atomic mass is 32.1. The van der Waals surface area contributed by atoms with Crippen molar-refractivity contribution in [2.24, 2.45) is 0 Å². The Kier molecular flexibility index (Phi) is 1.81. The third-order valence-electron chi connectivity index (χ3n) is 1.86. The number of nitrogens with zero attached hydrogens (tertiary/aromatic N) is 3. The molecule has 0 saturated heterocycles. The van der Waals surface area contributed by atoms with Gasteiger partial charge in [0.25, 0.3) is 0 Å². The number of thiazole rings is 1. The van der Waals surface area contributed by atoms with Crippen LogP contribution in [0.4, 0.5) is 5.82 Å². The zero-order valence-electron chi connectivity index (χ0n) is 7.48.